The van der Waals surface area contributed by atoms with Crippen molar-refractivity contribution < 1.29 is 4.74 Å². The Bertz CT molecular complexity index is 323. The molecule has 2 rings (SSSR count). The zero-order valence-corrected chi connectivity index (χ0v) is 10.4. The Balaban J connectivity index is 1.96. The zero-order chi connectivity index (χ0) is 11.5. The Morgan fingerprint density at radius 3 is 2.25 bits per heavy atom. The van der Waals surface area contributed by atoms with E-state index in [2.05, 4.69) is 49.9 Å². The van der Waals surface area contributed by atoms with Crippen molar-refractivity contribution in [3.05, 3.63) is 35.4 Å². The number of rotatable bonds is 2. The van der Waals surface area contributed by atoms with Crippen molar-refractivity contribution in [3.8, 4) is 0 Å². The molecule has 0 bridgehead atoms. The number of aryl methyl sites for hydroxylation is 1. The molecule has 0 spiro atoms. The minimum absolute atomic E-state index is 0.356. The van der Waals surface area contributed by atoms with Crippen LogP contribution in [0, 0.1) is 6.92 Å². The minimum atomic E-state index is 0.356. The van der Waals surface area contributed by atoms with Crippen molar-refractivity contribution in [2.45, 2.75) is 39.5 Å². The highest BCUT2D eigenvalue weighted by Crippen LogP contribution is 2.14. The molecule has 1 aliphatic rings. The van der Waals surface area contributed by atoms with Gasteiger partial charge in [-0.15, -0.1) is 0 Å². The Morgan fingerprint density at radius 2 is 1.69 bits per heavy atom. The summed E-state index contributed by atoms with van der Waals surface area (Å²) >= 11 is 0. The maximum atomic E-state index is 5.73. The van der Waals surface area contributed by atoms with E-state index < -0.39 is 0 Å². The molecule has 1 aromatic rings. The summed E-state index contributed by atoms with van der Waals surface area (Å²) in [5.74, 6) is 0. The third kappa shape index (κ3) is 3.06. The third-order valence-corrected chi connectivity index (χ3v) is 3.02. The highest BCUT2D eigenvalue weighted by atomic mass is 16.5. The minimum Gasteiger partial charge on any atom is -0.373 e. The van der Waals surface area contributed by atoms with E-state index in [9.17, 15) is 0 Å². The molecule has 0 unspecified atom stereocenters. The van der Waals surface area contributed by atoms with Crippen LogP contribution in [0.1, 0.15) is 25.0 Å². The number of ether oxygens (including phenoxy) is 1. The molecule has 88 valence electrons. The van der Waals surface area contributed by atoms with Gasteiger partial charge < -0.3 is 4.74 Å². The molecule has 1 aliphatic heterocycles. The molecule has 16 heavy (non-hydrogen) atoms. The van der Waals surface area contributed by atoms with Crippen LogP contribution in [0.4, 0.5) is 0 Å². The summed E-state index contributed by atoms with van der Waals surface area (Å²) in [6.07, 6.45) is 0.711. The molecule has 0 saturated carbocycles. The lowest BCUT2D eigenvalue weighted by Gasteiger charge is -2.35. The van der Waals surface area contributed by atoms with Crippen molar-refractivity contribution >= 4 is 0 Å². The molecular formula is C14H21NO. The highest BCUT2D eigenvalue weighted by Gasteiger charge is 2.21. The molecule has 2 atom stereocenters. The standard InChI is InChI=1S/C14H21NO/c1-11-4-6-14(7-5-11)10-15-8-12(2)16-13(3)9-15/h4-7,12-13H,8-10H2,1-3H3/t12-,13+. The summed E-state index contributed by atoms with van der Waals surface area (Å²) in [5, 5.41) is 0. The van der Waals surface area contributed by atoms with Crippen LogP contribution in [0.5, 0.6) is 0 Å². The zero-order valence-electron chi connectivity index (χ0n) is 10.4. The second kappa shape index (κ2) is 4.98. The number of hydrogen-bond acceptors (Lipinski definition) is 2. The molecule has 1 heterocycles. The quantitative estimate of drug-likeness (QED) is 0.758. The van der Waals surface area contributed by atoms with Gasteiger partial charge in [-0.2, -0.15) is 0 Å². The van der Waals surface area contributed by atoms with Crippen LogP contribution in [0.15, 0.2) is 24.3 Å². The van der Waals surface area contributed by atoms with E-state index in [4.69, 9.17) is 4.74 Å². The maximum Gasteiger partial charge on any atom is 0.0678 e. The Labute approximate surface area is 98.2 Å². The van der Waals surface area contributed by atoms with E-state index in [1.54, 1.807) is 0 Å². The fourth-order valence-corrected chi connectivity index (χ4v) is 2.37. The van der Waals surface area contributed by atoms with E-state index >= 15 is 0 Å². The van der Waals surface area contributed by atoms with Crippen LogP contribution >= 0.6 is 0 Å². The van der Waals surface area contributed by atoms with Crippen molar-refractivity contribution in [1.82, 2.24) is 4.90 Å². The van der Waals surface area contributed by atoms with Gasteiger partial charge in [-0.3, -0.25) is 4.90 Å². The lowest BCUT2D eigenvalue weighted by molar-refractivity contribution is -0.0704. The Kier molecular flexibility index (Phi) is 3.62. The maximum absolute atomic E-state index is 5.73. The molecule has 1 aromatic carbocycles. The van der Waals surface area contributed by atoms with Gasteiger partial charge in [0, 0.05) is 19.6 Å². The number of nitrogens with zero attached hydrogens (tertiary/aromatic N) is 1. The molecule has 0 aliphatic carbocycles. The number of morpholine rings is 1. The molecule has 2 nitrogen and oxygen atoms in total. The van der Waals surface area contributed by atoms with Crippen LogP contribution < -0.4 is 0 Å². The van der Waals surface area contributed by atoms with E-state index in [-0.39, 0.29) is 0 Å². The fourth-order valence-electron chi connectivity index (χ4n) is 2.37. The number of hydrogen-bond donors (Lipinski definition) is 0. The first kappa shape index (κ1) is 11.6. The summed E-state index contributed by atoms with van der Waals surface area (Å²) in [6.45, 7) is 9.55. The second-order valence-electron chi connectivity index (χ2n) is 4.94. The number of benzene rings is 1. The fraction of sp³-hybridized carbons (Fsp3) is 0.571. The molecule has 0 amide bonds. The van der Waals surface area contributed by atoms with E-state index in [0.717, 1.165) is 19.6 Å². The Morgan fingerprint density at radius 1 is 1.12 bits per heavy atom. The first-order valence-electron chi connectivity index (χ1n) is 6.07. The summed E-state index contributed by atoms with van der Waals surface area (Å²) in [6, 6.07) is 8.81. The van der Waals surface area contributed by atoms with Crippen molar-refractivity contribution in [2.75, 3.05) is 13.1 Å². The molecule has 0 aromatic heterocycles. The topological polar surface area (TPSA) is 12.5 Å². The first-order chi connectivity index (χ1) is 7.63. The predicted molar refractivity (Wildman–Crippen MR) is 66.5 cm³/mol. The van der Waals surface area contributed by atoms with Crippen molar-refractivity contribution in [3.63, 3.8) is 0 Å². The van der Waals surface area contributed by atoms with Gasteiger partial charge in [-0.25, -0.2) is 0 Å². The summed E-state index contributed by atoms with van der Waals surface area (Å²) in [4.78, 5) is 2.48. The van der Waals surface area contributed by atoms with Gasteiger partial charge in [0.2, 0.25) is 0 Å². The van der Waals surface area contributed by atoms with Crippen LogP contribution in [-0.2, 0) is 11.3 Å². The van der Waals surface area contributed by atoms with Gasteiger partial charge in [0.15, 0.2) is 0 Å². The van der Waals surface area contributed by atoms with E-state index in [0.29, 0.717) is 12.2 Å². The van der Waals surface area contributed by atoms with Gasteiger partial charge in [0.05, 0.1) is 12.2 Å². The smallest absolute Gasteiger partial charge is 0.0678 e. The first-order valence-corrected chi connectivity index (χ1v) is 6.07. The van der Waals surface area contributed by atoms with Gasteiger partial charge in [-0.1, -0.05) is 29.8 Å². The van der Waals surface area contributed by atoms with Gasteiger partial charge in [-0.05, 0) is 26.3 Å². The normalized spacial score (nSPS) is 26.9. The molecule has 0 N–H and O–H groups in total. The molecular weight excluding hydrogens is 198 g/mol. The van der Waals surface area contributed by atoms with Crippen molar-refractivity contribution in [2.24, 2.45) is 0 Å². The molecule has 2 heteroatoms. The Hall–Kier alpha value is -0.860. The summed E-state index contributed by atoms with van der Waals surface area (Å²) < 4.78 is 5.73. The largest absolute Gasteiger partial charge is 0.373 e. The monoisotopic (exact) mass is 219 g/mol. The molecule has 1 fully saturated rings. The predicted octanol–water partition coefficient (Wildman–Crippen LogP) is 2.60. The SMILES string of the molecule is Cc1ccc(CN2C[C@@H](C)O[C@@H](C)C2)cc1. The lowest BCUT2D eigenvalue weighted by atomic mass is 10.1. The van der Waals surface area contributed by atoms with Crippen molar-refractivity contribution in [1.29, 1.82) is 0 Å². The summed E-state index contributed by atoms with van der Waals surface area (Å²) in [5.41, 5.74) is 2.72. The van der Waals surface area contributed by atoms with E-state index in [1.165, 1.54) is 11.1 Å². The van der Waals surface area contributed by atoms with Crippen LogP contribution in [0.3, 0.4) is 0 Å². The van der Waals surface area contributed by atoms with E-state index in [1.807, 2.05) is 0 Å². The van der Waals surface area contributed by atoms with Crippen LogP contribution in [0.2, 0.25) is 0 Å². The lowest BCUT2D eigenvalue weighted by Crippen LogP contribution is -2.44. The molecule has 0 radical (unpaired) electrons. The highest BCUT2D eigenvalue weighted by molar-refractivity contribution is 5.21. The summed E-state index contributed by atoms with van der Waals surface area (Å²) in [7, 11) is 0. The van der Waals surface area contributed by atoms with Gasteiger partial charge >= 0.3 is 0 Å². The van der Waals surface area contributed by atoms with Gasteiger partial charge in [0.1, 0.15) is 0 Å². The third-order valence-electron chi connectivity index (χ3n) is 3.02. The average molecular weight is 219 g/mol. The van der Waals surface area contributed by atoms with Crippen LogP contribution in [0.25, 0.3) is 0 Å². The second-order valence-corrected chi connectivity index (χ2v) is 4.94. The van der Waals surface area contributed by atoms with Gasteiger partial charge in [0.25, 0.3) is 0 Å². The molecule has 1 saturated heterocycles. The van der Waals surface area contributed by atoms with Crippen LogP contribution in [-0.4, -0.2) is 30.2 Å². The average Bonchev–Trinajstić information content (AvgIpc) is 2.20.